The van der Waals surface area contributed by atoms with Crippen molar-refractivity contribution in [2.75, 3.05) is 0 Å². The van der Waals surface area contributed by atoms with Gasteiger partial charge < -0.3 is 16.3 Å². The van der Waals surface area contributed by atoms with Crippen LogP contribution in [0.15, 0.2) is 5.16 Å². The van der Waals surface area contributed by atoms with Gasteiger partial charge in [-0.3, -0.25) is 4.79 Å². The largest absolute Gasteiger partial charge is 0.409 e. The molecule has 0 fully saturated rings. The zero-order valence-corrected chi connectivity index (χ0v) is 10.6. The molecule has 5 nitrogen and oxygen atoms in total. The molecule has 0 saturated carbocycles. The van der Waals surface area contributed by atoms with Crippen LogP contribution in [0, 0.1) is 5.41 Å². The monoisotopic (exact) mass is 229 g/mol. The van der Waals surface area contributed by atoms with E-state index >= 15 is 0 Å². The van der Waals surface area contributed by atoms with Crippen LogP contribution < -0.4 is 11.1 Å². The summed E-state index contributed by atoms with van der Waals surface area (Å²) in [5, 5.41) is 14.3. The predicted molar refractivity (Wildman–Crippen MR) is 64.3 cm³/mol. The van der Waals surface area contributed by atoms with Crippen LogP contribution in [-0.4, -0.2) is 23.0 Å². The first-order valence-corrected chi connectivity index (χ1v) is 5.64. The number of carbonyl (C=O) groups is 1. The van der Waals surface area contributed by atoms with Crippen LogP contribution in [0.4, 0.5) is 0 Å². The van der Waals surface area contributed by atoms with Crippen molar-refractivity contribution >= 4 is 11.7 Å². The van der Waals surface area contributed by atoms with Gasteiger partial charge in [-0.25, -0.2) is 0 Å². The number of hydrogen-bond acceptors (Lipinski definition) is 3. The molecule has 0 bridgehead atoms. The minimum Gasteiger partial charge on any atom is -0.409 e. The van der Waals surface area contributed by atoms with Gasteiger partial charge in [0.2, 0.25) is 5.91 Å². The van der Waals surface area contributed by atoms with Gasteiger partial charge in [0.1, 0.15) is 5.84 Å². The van der Waals surface area contributed by atoms with Gasteiger partial charge >= 0.3 is 0 Å². The summed E-state index contributed by atoms with van der Waals surface area (Å²) in [6.45, 7) is 7.73. The minimum absolute atomic E-state index is 0.00703. The lowest BCUT2D eigenvalue weighted by Crippen LogP contribution is -2.44. The average Bonchev–Trinajstić information content (AvgIpc) is 2.27. The summed E-state index contributed by atoms with van der Waals surface area (Å²) in [6, 6.07) is -0.0748. The fraction of sp³-hybridized carbons (Fsp3) is 0.818. The van der Waals surface area contributed by atoms with E-state index in [9.17, 15) is 4.79 Å². The second-order valence-corrected chi connectivity index (χ2v) is 4.61. The Morgan fingerprint density at radius 3 is 2.44 bits per heavy atom. The van der Waals surface area contributed by atoms with Crippen molar-refractivity contribution in [1.29, 1.82) is 0 Å². The first-order valence-electron chi connectivity index (χ1n) is 5.64. The maximum absolute atomic E-state index is 11.9. The van der Waals surface area contributed by atoms with Crippen molar-refractivity contribution in [2.24, 2.45) is 16.3 Å². The Morgan fingerprint density at radius 1 is 1.50 bits per heavy atom. The summed E-state index contributed by atoms with van der Waals surface area (Å²) < 4.78 is 0. The molecular formula is C11H23N3O2. The molecule has 0 aromatic heterocycles. The first kappa shape index (κ1) is 14.7. The van der Waals surface area contributed by atoms with E-state index in [1.807, 2.05) is 27.7 Å². The van der Waals surface area contributed by atoms with Crippen molar-refractivity contribution in [3.63, 3.8) is 0 Å². The third-order valence-electron chi connectivity index (χ3n) is 2.91. The highest BCUT2D eigenvalue weighted by Gasteiger charge is 2.27. The van der Waals surface area contributed by atoms with E-state index in [1.165, 1.54) is 0 Å². The quantitative estimate of drug-likeness (QED) is 0.279. The van der Waals surface area contributed by atoms with Gasteiger partial charge in [0.05, 0.1) is 0 Å². The molecule has 1 unspecified atom stereocenters. The molecule has 16 heavy (non-hydrogen) atoms. The minimum atomic E-state index is -0.376. The number of oxime groups is 1. The van der Waals surface area contributed by atoms with Gasteiger partial charge in [-0.2, -0.15) is 0 Å². The number of amides is 1. The molecule has 0 aromatic rings. The zero-order valence-electron chi connectivity index (χ0n) is 10.6. The molecule has 94 valence electrons. The lowest BCUT2D eigenvalue weighted by atomic mass is 9.88. The number of nitrogens with one attached hydrogen (secondary N) is 1. The first-order chi connectivity index (χ1) is 7.37. The van der Waals surface area contributed by atoms with Crippen LogP contribution in [0.5, 0.6) is 0 Å². The van der Waals surface area contributed by atoms with Crippen LogP contribution in [0.1, 0.15) is 47.0 Å². The normalized spacial score (nSPS) is 14.6. The second kappa shape index (κ2) is 6.35. The molecule has 0 aliphatic heterocycles. The van der Waals surface area contributed by atoms with Gasteiger partial charge in [0.15, 0.2) is 0 Å². The Balaban J connectivity index is 4.39. The van der Waals surface area contributed by atoms with Gasteiger partial charge in [0, 0.05) is 17.9 Å². The Morgan fingerprint density at radius 2 is 2.06 bits per heavy atom. The number of carbonyl (C=O) groups excluding carboxylic acids is 1. The lowest BCUT2D eigenvalue weighted by molar-refractivity contribution is -0.130. The summed E-state index contributed by atoms with van der Waals surface area (Å²) in [5.74, 6) is 0.147. The Hall–Kier alpha value is -1.26. The SMILES string of the molecule is CCC(CC(N)=NO)NC(=O)C(C)(C)CC. The number of rotatable bonds is 6. The van der Waals surface area contributed by atoms with Gasteiger partial charge in [0.25, 0.3) is 0 Å². The van der Waals surface area contributed by atoms with Crippen molar-refractivity contribution in [1.82, 2.24) is 5.32 Å². The third-order valence-corrected chi connectivity index (χ3v) is 2.91. The molecule has 5 heteroatoms. The summed E-state index contributed by atoms with van der Waals surface area (Å²) in [5.41, 5.74) is 5.04. The van der Waals surface area contributed by atoms with Crippen molar-refractivity contribution in [3.05, 3.63) is 0 Å². The topological polar surface area (TPSA) is 87.7 Å². The predicted octanol–water partition coefficient (Wildman–Crippen LogP) is 1.45. The van der Waals surface area contributed by atoms with Crippen LogP contribution in [-0.2, 0) is 4.79 Å². The number of hydrogen-bond donors (Lipinski definition) is 3. The fourth-order valence-corrected chi connectivity index (χ4v) is 1.13. The van der Waals surface area contributed by atoms with E-state index in [0.29, 0.717) is 6.42 Å². The maximum Gasteiger partial charge on any atom is 0.225 e. The second-order valence-electron chi connectivity index (χ2n) is 4.61. The third kappa shape index (κ3) is 4.51. The van der Waals surface area contributed by atoms with Crippen molar-refractivity contribution in [3.8, 4) is 0 Å². The van der Waals surface area contributed by atoms with Crippen molar-refractivity contribution in [2.45, 2.75) is 53.0 Å². The number of amidine groups is 1. The molecule has 0 rings (SSSR count). The van der Waals surface area contributed by atoms with Crippen LogP contribution in [0.2, 0.25) is 0 Å². The molecule has 1 atom stereocenters. The highest BCUT2D eigenvalue weighted by Crippen LogP contribution is 2.20. The number of nitrogens with two attached hydrogens (primary N) is 1. The Kier molecular flexibility index (Phi) is 5.85. The van der Waals surface area contributed by atoms with Gasteiger partial charge in [-0.05, 0) is 12.8 Å². The van der Waals surface area contributed by atoms with E-state index in [1.54, 1.807) is 0 Å². The molecule has 0 aliphatic rings. The smallest absolute Gasteiger partial charge is 0.225 e. The molecule has 0 spiro atoms. The Labute approximate surface area is 97.1 Å². The summed E-state index contributed by atoms with van der Waals surface area (Å²) >= 11 is 0. The maximum atomic E-state index is 11.9. The van der Waals surface area contributed by atoms with E-state index in [2.05, 4.69) is 10.5 Å². The molecular weight excluding hydrogens is 206 g/mol. The average molecular weight is 229 g/mol. The molecule has 0 saturated heterocycles. The van der Waals surface area contributed by atoms with Crippen molar-refractivity contribution < 1.29 is 10.0 Å². The van der Waals surface area contributed by atoms with E-state index in [4.69, 9.17) is 10.9 Å². The molecule has 0 aliphatic carbocycles. The Bertz CT molecular complexity index is 262. The molecule has 0 aromatic carbocycles. The van der Waals surface area contributed by atoms with E-state index in [0.717, 1.165) is 12.8 Å². The molecule has 4 N–H and O–H groups in total. The molecule has 0 heterocycles. The standard InChI is InChI=1S/C11H23N3O2/c1-5-8(7-9(12)14-16)13-10(15)11(3,4)6-2/h8,16H,5-7H2,1-4H3,(H2,12,14)(H,13,15). The number of nitrogens with zero attached hydrogens (tertiary/aromatic N) is 1. The molecule has 1 amide bonds. The van der Waals surface area contributed by atoms with E-state index < -0.39 is 0 Å². The van der Waals surface area contributed by atoms with Gasteiger partial charge in [-0.1, -0.05) is 32.9 Å². The van der Waals surface area contributed by atoms with E-state index in [-0.39, 0.29) is 23.2 Å². The zero-order chi connectivity index (χ0) is 12.8. The highest BCUT2D eigenvalue weighted by molar-refractivity contribution is 5.84. The summed E-state index contributed by atoms with van der Waals surface area (Å²) in [4.78, 5) is 11.9. The van der Waals surface area contributed by atoms with Gasteiger partial charge in [-0.15, -0.1) is 0 Å². The van der Waals surface area contributed by atoms with Crippen LogP contribution >= 0.6 is 0 Å². The molecule has 0 radical (unpaired) electrons. The van der Waals surface area contributed by atoms with Crippen LogP contribution in [0.3, 0.4) is 0 Å². The summed E-state index contributed by atoms with van der Waals surface area (Å²) in [7, 11) is 0. The van der Waals surface area contributed by atoms with Crippen LogP contribution in [0.25, 0.3) is 0 Å². The highest BCUT2D eigenvalue weighted by atomic mass is 16.4. The fourth-order valence-electron chi connectivity index (χ4n) is 1.13. The summed E-state index contributed by atoms with van der Waals surface area (Å²) in [6.07, 6.45) is 1.90. The lowest BCUT2D eigenvalue weighted by Gasteiger charge is -2.25.